The molecule has 1 heterocycles. The Morgan fingerprint density at radius 1 is 0.618 bits per heavy atom. The van der Waals surface area contributed by atoms with Gasteiger partial charge in [0.25, 0.3) is 5.69 Å². The van der Waals surface area contributed by atoms with Crippen LogP contribution in [0.1, 0.15) is 22.4 Å². The molecule has 4 heteroatoms. The Labute approximate surface area is 197 Å². The summed E-state index contributed by atoms with van der Waals surface area (Å²) in [5.74, 6) is 0. The van der Waals surface area contributed by atoms with Crippen LogP contribution in [0.5, 0.6) is 0 Å². The fourth-order valence-corrected chi connectivity index (χ4v) is 5.43. The number of hydrogen-bond donors (Lipinski definition) is 0. The van der Waals surface area contributed by atoms with Crippen molar-refractivity contribution >= 4 is 5.69 Å². The number of pyridine rings is 1. The highest BCUT2D eigenvalue weighted by atomic mass is 16.6. The van der Waals surface area contributed by atoms with Crippen LogP contribution in [0.3, 0.4) is 0 Å². The fraction of sp³-hybridized carbons (Fsp3) is 0.0333. The monoisotopic (exact) mass is 440 g/mol. The maximum absolute atomic E-state index is 12.0. The van der Waals surface area contributed by atoms with Crippen molar-refractivity contribution in [3.63, 3.8) is 0 Å². The van der Waals surface area contributed by atoms with E-state index in [4.69, 9.17) is 4.98 Å². The molecule has 0 amide bonds. The van der Waals surface area contributed by atoms with E-state index in [1.165, 1.54) is 0 Å². The van der Waals surface area contributed by atoms with Crippen LogP contribution < -0.4 is 0 Å². The molecule has 34 heavy (non-hydrogen) atoms. The van der Waals surface area contributed by atoms with Crippen LogP contribution in [0.4, 0.5) is 5.69 Å². The Balaban J connectivity index is 1.82. The van der Waals surface area contributed by atoms with Crippen molar-refractivity contribution in [2.45, 2.75) is 5.41 Å². The molecule has 0 fully saturated rings. The van der Waals surface area contributed by atoms with Crippen molar-refractivity contribution < 1.29 is 4.92 Å². The van der Waals surface area contributed by atoms with E-state index >= 15 is 0 Å². The number of nitro groups is 1. The third-order valence-electron chi connectivity index (χ3n) is 6.71. The molecule has 0 radical (unpaired) electrons. The Morgan fingerprint density at radius 3 is 1.97 bits per heavy atom. The van der Waals surface area contributed by atoms with Gasteiger partial charge in [-0.2, -0.15) is 0 Å². The first-order valence-corrected chi connectivity index (χ1v) is 11.2. The molecule has 0 aliphatic heterocycles. The van der Waals surface area contributed by atoms with Gasteiger partial charge in [0, 0.05) is 12.3 Å². The molecule has 4 nitrogen and oxygen atoms in total. The minimum atomic E-state index is -0.714. The van der Waals surface area contributed by atoms with E-state index in [0.29, 0.717) is 5.56 Å². The topological polar surface area (TPSA) is 56.0 Å². The predicted octanol–water partition coefficient (Wildman–Crippen LogP) is 7.02. The highest BCUT2D eigenvalue weighted by Crippen LogP contribution is 2.58. The summed E-state index contributed by atoms with van der Waals surface area (Å²) in [6.07, 6.45) is 1.81. The Bertz CT molecular complexity index is 1490. The van der Waals surface area contributed by atoms with Gasteiger partial charge in [0.05, 0.1) is 21.6 Å². The lowest BCUT2D eigenvalue weighted by atomic mass is 9.68. The lowest BCUT2D eigenvalue weighted by molar-refractivity contribution is -0.384. The van der Waals surface area contributed by atoms with E-state index in [2.05, 4.69) is 42.5 Å². The second-order valence-corrected chi connectivity index (χ2v) is 8.38. The molecule has 0 saturated heterocycles. The zero-order valence-electron chi connectivity index (χ0n) is 18.3. The van der Waals surface area contributed by atoms with Gasteiger partial charge in [0.2, 0.25) is 0 Å². The number of nitro benzene ring substituents is 1. The standard InChI is InChI=1S/C30H20N2O2/c33-32(34)27-18-7-5-14-23(27)25-16-10-15-24-22-13-4-6-17-26(22)30(29(24)25,21-11-2-1-3-12-21)28-19-8-9-20-31-28/h1-20H. The first-order valence-electron chi connectivity index (χ1n) is 11.2. The predicted molar refractivity (Wildman–Crippen MR) is 134 cm³/mol. The third kappa shape index (κ3) is 2.75. The van der Waals surface area contributed by atoms with Crippen LogP contribution in [0, 0.1) is 10.1 Å². The van der Waals surface area contributed by atoms with Crippen molar-refractivity contribution in [1.29, 1.82) is 0 Å². The molecular formula is C30H20N2O2. The van der Waals surface area contributed by atoms with Gasteiger partial charge in [-0.05, 0) is 51.6 Å². The number of hydrogen-bond acceptors (Lipinski definition) is 3. The Kier molecular flexibility index (Phi) is 4.59. The molecule has 0 N–H and O–H groups in total. The van der Waals surface area contributed by atoms with Gasteiger partial charge in [-0.3, -0.25) is 15.1 Å². The SMILES string of the molecule is O=[N+]([O-])c1ccccc1-c1cccc2c1C(c1ccccc1)(c1ccccn1)c1ccccc1-2. The molecule has 162 valence electrons. The molecule has 4 aromatic carbocycles. The summed E-state index contributed by atoms with van der Waals surface area (Å²) in [5, 5.41) is 12.0. The number of benzene rings is 4. The van der Waals surface area contributed by atoms with Crippen LogP contribution in [0.2, 0.25) is 0 Å². The van der Waals surface area contributed by atoms with Gasteiger partial charge in [-0.25, -0.2) is 0 Å². The van der Waals surface area contributed by atoms with Crippen LogP contribution in [0.25, 0.3) is 22.3 Å². The van der Waals surface area contributed by atoms with Crippen molar-refractivity contribution in [2.75, 3.05) is 0 Å². The first kappa shape index (κ1) is 20.1. The van der Waals surface area contributed by atoms with Gasteiger partial charge in [0.15, 0.2) is 0 Å². The lowest BCUT2D eigenvalue weighted by Gasteiger charge is -2.34. The molecule has 0 saturated carbocycles. The maximum Gasteiger partial charge on any atom is 0.277 e. The summed E-state index contributed by atoms with van der Waals surface area (Å²) >= 11 is 0. The summed E-state index contributed by atoms with van der Waals surface area (Å²) in [6.45, 7) is 0. The van der Waals surface area contributed by atoms with Crippen LogP contribution in [-0.4, -0.2) is 9.91 Å². The zero-order chi connectivity index (χ0) is 23.1. The minimum absolute atomic E-state index is 0.0924. The van der Waals surface area contributed by atoms with Gasteiger partial charge in [-0.1, -0.05) is 91.0 Å². The van der Waals surface area contributed by atoms with Gasteiger partial charge >= 0.3 is 0 Å². The van der Waals surface area contributed by atoms with Gasteiger partial charge in [-0.15, -0.1) is 0 Å². The number of rotatable bonds is 4. The number of nitrogens with zero attached hydrogens (tertiary/aromatic N) is 2. The number of fused-ring (bicyclic) bond motifs is 3. The second-order valence-electron chi connectivity index (χ2n) is 8.38. The lowest BCUT2D eigenvalue weighted by Crippen LogP contribution is -2.30. The van der Waals surface area contributed by atoms with Crippen molar-refractivity contribution in [2.24, 2.45) is 0 Å². The van der Waals surface area contributed by atoms with Crippen LogP contribution >= 0.6 is 0 Å². The summed E-state index contributed by atoms with van der Waals surface area (Å²) in [4.78, 5) is 16.6. The Hall–Kier alpha value is -4.57. The highest BCUT2D eigenvalue weighted by Gasteiger charge is 2.48. The fourth-order valence-electron chi connectivity index (χ4n) is 5.43. The van der Waals surface area contributed by atoms with E-state index < -0.39 is 5.41 Å². The van der Waals surface area contributed by atoms with E-state index in [-0.39, 0.29) is 10.6 Å². The summed E-state index contributed by atoms with van der Waals surface area (Å²) < 4.78 is 0. The van der Waals surface area contributed by atoms with Crippen molar-refractivity contribution in [3.05, 3.63) is 154 Å². The largest absolute Gasteiger partial charge is 0.277 e. The Morgan fingerprint density at radius 2 is 1.24 bits per heavy atom. The molecular weight excluding hydrogens is 420 g/mol. The summed E-state index contributed by atoms with van der Waals surface area (Å²) in [7, 11) is 0. The summed E-state index contributed by atoms with van der Waals surface area (Å²) in [5.41, 5.74) is 7.13. The summed E-state index contributed by atoms with van der Waals surface area (Å²) in [6, 6.07) is 37.7. The second kappa shape index (κ2) is 7.78. The van der Waals surface area contributed by atoms with Crippen molar-refractivity contribution in [1.82, 2.24) is 4.98 Å². The maximum atomic E-state index is 12.0. The minimum Gasteiger partial charge on any atom is -0.260 e. The number of aromatic nitrogens is 1. The highest BCUT2D eigenvalue weighted by molar-refractivity contribution is 5.93. The van der Waals surface area contributed by atoms with E-state index in [1.54, 1.807) is 12.1 Å². The number of para-hydroxylation sites is 1. The molecule has 1 unspecified atom stereocenters. The molecule has 1 aliphatic carbocycles. The molecule has 1 aliphatic rings. The van der Waals surface area contributed by atoms with Gasteiger partial charge in [0.1, 0.15) is 0 Å². The van der Waals surface area contributed by atoms with Crippen LogP contribution in [0.15, 0.2) is 121 Å². The molecule has 1 atom stereocenters. The van der Waals surface area contributed by atoms with E-state index in [0.717, 1.165) is 39.1 Å². The van der Waals surface area contributed by atoms with Crippen LogP contribution in [-0.2, 0) is 5.41 Å². The third-order valence-corrected chi connectivity index (χ3v) is 6.71. The normalized spacial score (nSPS) is 16.0. The zero-order valence-corrected chi connectivity index (χ0v) is 18.3. The van der Waals surface area contributed by atoms with Crippen molar-refractivity contribution in [3.8, 4) is 22.3 Å². The average Bonchev–Trinajstić information content (AvgIpc) is 3.21. The first-order chi connectivity index (χ1) is 16.7. The molecule has 0 spiro atoms. The van der Waals surface area contributed by atoms with E-state index in [1.807, 2.05) is 66.9 Å². The molecule has 5 aromatic rings. The quantitative estimate of drug-likeness (QED) is 0.219. The molecule has 0 bridgehead atoms. The van der Waals surface area contributed by atoms with E-state index in [9.17, 15) is 10.1 Å². The smallest absolute Gasteiger partial charge is 0.260 e. The molecule has 1 aromatic heterocycles. The average molecular weight is 441 g/mol. The molecule has 6 rings (SSSR count). The van der Waals surface area contributed by atoms with Gasteiger partial charge < -0.3 is 0 Å².